The zero-order chi connectivity index (χ0) is 20.8. The van der Waals surface area contributed by atoms with Crippen LogP contribution in [0.2, 0.25) is 0 Å². The summed E-state index contributed by atoms with van der Waals surface area (Å²) in [6.45, 7) is 0.838. The molecular formula is C21H25NO6S. The van der Waals surface area contributed by atoms with E-state index in [1.165, 1.54) is 0 Å². The number of methoxy groups -OCH3 is 4. The van der Waals surface area contributed by atoms with E-state index in [1.54, 1.807) is 51.2 Å². The zero-order valence-electron chi connectivity index (χ0n) is 17.0. The molecule has 1 unspecified atom stereocenters. The third-order valence-corrected chi connectivity index (χ3v) is 5.87. The molecule has 2 aromatic carbocycles. The first-order valence-corrected chi connectivity index (χ1v) is 10.1. The highest BCUT2D eigenvalue weighted by Crippen LogP contribution is 2.46. The number of nitrogens with zero attached hydrogens (tertiary/aromatic N) is 1. The Morgan fingerprint density at radius 1 is 0.897 bits per heavy atom. The third kappa shape index (κ3) is 4.64. The number of amides is 1. The van der Waals surface area contributed by atoms with Crippen LogP contribution in [-0.4, -0.2) is 58.2 Å². The van der Waals surface area contributed by atoms with E-state index in [1.807, 2.05) is 30.3 Å². The molecule has 0 spiro atoms. The molecule has 0 radical (unpaired) electrons. The van der Waals surface area contributed by atoms with Crippen LogP contribution in [0.4, 0.5) is 0 Å². The number of rotatable bonds is 9. The summed E-state index contributed by atoms with van der Waals surface area (Å²) in [6, 6.07) is 11.0. The first-order valence-electron chi connectivity index (χ1n) is 9.09. The van der Waals surface area contributed by atoms with Crippen molar-refractivity contribution < 1.29 is 28.5 Å². The smallest absolute Gasteiger partial charge is 0.233 e. The highest BCUT2D eigenvalue weighted by atomic mass is 32.2. The minimum Gasteiger partial charge on any atom is -0.497 e. The average molecular weight is 419 g/mol. The van der Waals surface area contributed by atoms with Gasteiger partial charge in [0.2, 0.25) is 5.91 Å². The molecule has 1 aliphatic rings. The van der Waals surface area contributed by atoms with E-state index in [-0.39, 0.29) is 11.3 Å². The summed E-state index contributed by atoms with van der Waals surface area (Å²) in [4.78, 5) is 14.3. The first kappa shape index (κ1) is 21.0. The summed E-state index contributed by atoms with van der Waals surface area (Å²) in [6.07, 6.45) is 0. The van der Waals surface area contributed by atoms with Crippen LogP contribution >= 0.6 is 11.8 Å². The van der Waals surface area contributed by atoms with Crippen molar-refractivity contribution in [1.29, 1.82) is 0 Å². The van der Waals surface area contributed by atoms with Gasteiger partial charge in [-0.05, 0) is 30.3 Å². The van der Waals surface area contributed by atoms with Crippen LogP contribution in [0.15, 0.2) is 36.4 Å². The van der Waals surface area contributed by atoms with Gasteiger partial charge in [0.25, 0.3) is 0 Å². The van der Waals surface area contributed by atoms with Crippen LogP contribution in [0.25, 0.3) is 0 Å². The van der Waals surface area contributed by atoms with E-state index < -0.39 is 0 Å². The Morgan fingerprint density at radius 2 is 1.52 bits per heavy atom. The molecule has 0 N–H and O–H groups in total. The second-order valence-electron chi connectivity index (χ2n) is 6.22. The molecular weight excluding hydrogens is 394 g/mol. The summed E-state index contributed by atoms with van der Waals surface area (Å²) in [7, 11) is 6.38. The highest BCUT2D eigenvalue weighted by molar-refractivity contribution is 8.00. The van der Waals surface area contributed by atoms with Crippen LogP contribution < -0.4 is 23.7 Å². The van der Waals surface area contributed by atoms with Crippen LogP contribution in [0.5, 0.6) is 28.7 Å². The van der Waals surface area contributed by atoms with Crippen LogP contribution in [0.3, 0.4) is 0 Å². The molecule has 2 aromatic rings. The number of benzene rings is 2. The molecule has 1 atom stereocenters. The summed E-state index contributed by atoms with van der Waals surface area (Å²) in [5.41, 5.74) is 0.866. The number of thioether (sulfide) groups is 1. The molecule has 3 rings (SSSR count). The largest absolute Gasteiger partial charge is 0.497 e. The van der Waals surface area contributed by atoms with Gasteiger partial charge in [0.1, 0.15) is 29.2 Å². The topological polar surface area (TPSA) is 66.5 Å². The molecule has 1 heterocycles. The molecule has 0 saturated carbocycles. The molecule has 29 heavy (non-hydrogen) atoms. The lowest BCUT2D eigenvalue weighted by Gasteiger charge is -2.26. The van der Waals surface area contributed by atoms with Crippen LogP contribution in [0.1, 0.15) is 10.9 Å². The molecule has 0 bridgehead atoms. The predicted molar refractivity (Wildman–Crippen MR) is 111 cm³/mol. The van der Waals surface area contributed by atoms with Gasteiger partial charge in [0.15, 0.2) is 11.5 Å². The summed E-state index contributed by atoms with van der Waals surface area (Å²) in [5.74, 6) is 3.79. The number of carbonyl (C=O) groups is 1. The second kappa shape index (κ2) is 9.65. The monoisotopic (exact) mass is 419 g/mol. The Kier molecular flexibility index (Phi) is 6.98. The second-order valence-corrected chi connectivity index (χ2v) is 7.29. The van der Waals surface area contributed by atoms with E-state index in [4.69, 9.17) is 23.7 Å². The van der Waals surface area contributed by atoms with Gasteiger partial charge in [-0.2, -0.15) is 0 Å². The highest BCUT2D eigenvalue weighted by Gasteiger charge is 2.35. The lowest BCUT2D eigenvalue weighted by Crippen LogP contribution is -2.32. The van der Waals surface area contributed by atoms with E-state index in [0.29, 0.717) is 36.2 Å². The van der Waals surface area contributed by atoms with E-state index in [2.05, 4.69) is 0 Å². The van der Waals surface area contributed by atoms with Crippen molar-refractivity contribution >= 4 is 17.7 Å². The standard InChI is InChI=1S/C21H25NO6S/c1-24-14-5-7-15(8-6-14)28-10-9-22-20(23)13-29-21(22)16-11-18(26-3)19(27-4)12-17(16)25-2/h5-8,11-12,21H,9-10,13H2,1-4H3. The van der Waals surface area contributed by atoms with Gasteiger partial charge in [0, 0.05) is 11.6 Å². The minimum absolute atomic E-state index is 0.0650. The van der Waals surface area contributed by atoms with Gasteiger partial charge < -0.3 is 28.6 Å². The first-order chi connectivity index (χ1) is 14.1. The van der Waals surface area contributed by atoms with Gasteiger partial charge in [-0.15, -0.1) is 11.8 Å². The number of carbonyl (C=O) groups excluding carboxylic acids is 1. The maximum atomic E-state index is 12.5. The van der Waals surface area contributed by atoms with Gasteiger partial charge in [-0.1, -0.05) is 0 Å². The SMILES string of the molecule is COc1ccc(OCCN2C(=O)CSC2c2cc(OC)c(OC)cc2OC)cc1. The van der Waals surface area contributed by atoms with Crippen molar-refractivity contribution in [3.63, 3.8) is 0 Å². The number of hydrogen-bond donors (Lipinski definition) is 0. The van der Waals surface area contributed by atoms with Crippen molar-refractivity contribution in [2.24, 2.45) is 0 Å². The molecule has 156 valence electrons. The maximum Gasteiger partial charge on any atom is 0.233 e. The van der Waals surface area contributed by atoms with E-state index in [9.17, 15) is 4.79 Å². The average Bonchev–Trinajstić information content (AvgIpc) is 3.13. The predicted octanol–water partition coefficient (Wildman–Crippen LogP) is 3.37. The van der Waals surface area contributed by atoms with Gasteiger partial charge in [0.05, 0.1) is 40.7 Å². The molecule has 0 aromatic heterocycles. The Bertz CT molecular complexity index is 842. The minimum atomic E-state index is -0.184. The Labute approximate surface area is 174 Å². The quantitative estimate of drug-likeness (QED) is 0.617. The fraction of sp³-hybridized carbons (Fsp3) is 0.381. The van der Waals surface area contributed by atoms with E-state index >= 15 is 0 Å². The molecule has 1 saturated heterocycles. The number of ether oxygens (including phenoxy) is 5. The Morgan fingerprint density at radius 3 is 2.14 bits per heavy atom. The normalized spacial score (nSPS) is 15.9. The molecule has 1 aliphatic heterocycles. The summed E-state index contributed by atoms with van der Waals surface area (Å²) < 4.78 is 27.3. The molecule has 8 heteroatoms. The van der Waals surface area contributed by atoms with Crippen molar-refractivity contribution in [2.45, 2.75) is 5.37 Å². The Balaban J connectivity index is 1.74. The third-order valence-electron chi connectivity index (χ3n) is 4.63. The summed E-state index contributed by atoms with van der Waals surface area (Å²) in [5, 5.41) is -0.184. The molecule has 0 aliphatic carbocycles. The number of hydrogen-bond acceptors (Lipinski definition) is 7. The molecule has 7 nitrogen and oxygen atoms in total. The van der Waals surface area contributed by atoms with Gasteiger partial charge in [-0.3, -0.25) is 4.79 Å². The molecule has 1 amide bonds. The van der Waals surface area contributed by atoms with Crippen LogP contribution in [-0.2, 0) is 4.79 Å². The summed E-state index contributed by atoms with van der Waals surface area (Å²) >= 11 is 1.55. The van der Waals surface area contributed by atoms with Crippen molar-refractivity contribution in [3.05, 3.63) is 42.0 Å². The van der Waals surface area contributed by atoms with Crippen LogP contribution in [0, 0.1) is 0 Å². The van der Waals surface area contributed by atoms with Crippen molar-refractivity contribution in [3.8, 4) is 28.7 Å². The fourth-order valence-electron chi connectivity index (χ4n) is 3.13. The maximum absolute atomic E-state index is 12.5. The molecule has 1 fully saturated rings. The lowest BCUT2D eigenvalue weighted by atomic mass is 10.1. The fourth-order valence-corrected chi connectivity index (χ4v) is 4.37. The zero-order valence-corrected chi connectivity index (χ0v) is 17.8. The van der Waals surface area contributed by atoms with Crippen molar-refractivity contribution in [2.75, 3.05) is 47.3 Å². The van der Waals surface area contributed by atoms with Crippen molar-refractivity contribution in [1.82, 2.24) is 4.90 Å². The lowest BCUT2D eigenvalue weighted by molar-refractivity contribution is -0.128. The van der Waals surface area contributed by atoms with Gasteiger partial charge >= 0.3 is 0 Å². The Hall–Kier alpha value is -2.74. The van der Waals surface area contributed by atoms with Gasteiger partial charge in [-0.25, -0.2) is 0 Å². The van der Waals surface area contributed by atoms with E-state index in [0.717, 1.165) is 17.1 Å².